The third-order valence-corrected chi connectivity index (χ3v) is 2.02. The molecule has 0 aliphatic rings. The Morgan fingerprint density at radius 2 is 2.15 bits per heavy atom. The fourth-order valence-corrected chi connectivity index (χ4v) is 1.34. The molecule has 0 saturated carbocycles. The molecule has 0 radical (unpaired) electrons. The molecule has 1 heterocycles. The predicted molar refractivity (Wildman–Crippen MR) is 53.3 cm³/mol. The van der Waals surface area contributed by atoms with Crippen LogP contribution in [-0.4, -0.2) is 19.1 Å². The lowest BCUT2D eigenvalue weighted by atomic mass is 10.3. The first-order valence-electron chi connectivity index (χ1n) is 3.90. The van der Waals surface area contributed by atoms with Gasteiger partial charge in [0.05, 0.1) is 0 Å². The summed E-state index contributed by atoms with van der Waals surface area (Å²) in [5.41, 5.74) is 2.58. The van der Waals surface area contributed by atoms with Crippen LogP contribution in [0.15, 0.2) is 22.6 Å². The second-order valence-electron chi connectivity index (χ2n) is 3.01. The molecule has 68 valence electrons. The largest absolute Gasteiger partial charge is 0.427 e. The molecule has 0 saturated heterocycles. The van der Waals surface area contributed by atoms with Crippen molar-refractivity contribution in [3.05, 3.63) is 23.5 Å². The third kappa shape index (κ3) is 1.47. The van der Waals surface area contributed by atoms with E-state index in [1.807, 2.05) is 37.2 Å². The first-order valence-corrected chi connectivity index (χ1v) is 4.28. The van der Waals surface area contributed by atoms with Gasteiger partial charge >= 0.3 is 0 Å². The maximum absolute atomic E-state index is 5.62. The lowest BCUT2D eigenvalue weighted by Crippen LogP contribution is -2.07. The molecule has 1 aromatic heterocycles. The molecule has 0 aliphatic heterocycles. The van der Waals surface area contributed by atoms with Crippen molar-refractivity contribution in [2.75, 3.05) is 19.0 Å². The van der Waals surface area contributed by atoms with E-state index in [9.17, 15) is 0 Å². The molecule has 0 amide bonds. The number of oxazole rings is 1. The van der Waals surface area contributed by atoms with Crippen LogP contribution in [0, 0.1) is 0 Å². The van der Waals surface area contributed by atoms with E-state index >= 15 is 0 Å². The van der Waals surface area contributed by atoms with Crippen molar-refractivity contribution in [3.63, 3.8) is 0 Å². The summed E-state index contributed by atoms with van der Waals surface area (Å²) in [4.78, 5) is 5.99. The molecular formula is C9H9ClN2O. The molecule has 13 heavy (non-hydrogen) atoms. The maximum atomic E-state index is 5.62. The average molecular weight is 197 g/mol. The highest BCUT2D eigenvalue weighted by molar-refractivity contribution is 6.28. The average Bonchev–Trinajstić information content (AvgIpc) is 2.42. The van der Waals surface area contributed by atoms with Crippen LogP contribution in [0.1, 0.15) is 0 Å². The highest BCUT2D eigenvalue weighted by atomic mass is 35.5. The van der Waals surface area contributed by atoms with Crippen LogP contribution in [0.4, 0.5) is 5.69 Å². The quantitative estimate of drug-likeness (QED) is 0.702. The van der Waals surface area contributed by atoms with Crippen LogP contribution in [0.25, 0.3) is 11.1 Å². The predicted octanol–water partition coefficient (Wildman–Crippen LogP) is 2.55. The van der Waals surface area contributed by atoms with Gasteiger partial charge in [-0.05, 0) is 23.7 Å². The van der Waals surface area contributed by atoms with Crippen LogP contribution in [-0.2, 0) is 0 Å². The number of aromatic nitrogens is 1. The first kappa shape index (κ1) is 8.38. The Bertz CT molecular complexity index is 436. The Morgan fingerprint density at radius 3 is 2.85 bits per heavy atom. The fraction of sp³-hybridized carbons (Fsp3) is 0.222. The van der Waals surface area contributed by atoms with Crippen molar-refractivity contribution >= 4 is 28.4 Å². The molecule has 0 aliphatic carbocycles. The Kier molecular flexibility index (Phi) is 1.88. The molecule has 0 spiro atoms. The van der Waals surface area contributed by atoms with Crippen LogP contribution in [0.2, 0.25) is 5.35 Å². The number of halogens is 1. The van der Waals surface area contributed by atoms with Crippen molar-refractivity contribution in [3.8, 4) is 0 Å². The summed E-state index contributed by atoms with van der Waals surface area (Å²) in [6.45, 7) is 0. The summed E-state index contributed by atoms with van der Waals surface area (Å²) in [6.07, 6.45) is 0. The zero-order chi connectivity index (χ0) is 9.42. The van der Waals surface area contributed by atoms with Gasteiger partial charge in [0.1, 0.15) is 5.52 Å². The molecule has 0 fully saturated rings. The van der Waals surface area contributed by atoms with Crippen molar-refractivity contribution in [1.29, 1.82) is 0 Å². The zero-order valence-electron chi connectivity index (χ0n) is 7.41. The third-order valence-electron chi connectivity index (χ3n) is 1.86. The summed E-state index contributed by atoms with van der Waals surface area (Å²) < 4.78 is 5.19. The molecule has 4 heteroatoms. The minimum absolute atomic E-state index is 0.186. The summed E-state index contributed by atoms with van der Waals surface area (Å²) in [7, 11) is 3.94. The fourth-order valence-electron chi connectivity index (χ4n) is 1.16. The number of nitrogens with zero attached hydrogens (tertiary/aromatic N) is 2. The summed E-state index contributed by atoms with van der Waals surface area (Å²) in [5, 5.41) is 0.186. The van der Waals surface area contributed by atoms with E-state index in [0.717, 1.165) is 16.8 Å². The molecule has 2 rings (SSSR count). The summed E-state index contributed by atoms with van der Waals surface area (Å²) >= 11 is 5.62. The van der Waals surface area contributed by atoms with Crippen LogP contribution < -0.4 is 4.90 Å². The van der Waals surface area contributed by atoms with Gasteiger partial charge in [0.2, 0.25) is 0 Å². The van der Waals surface area contributed by atoms with Gasteiger partial charge in [-0.1, -0.05) is 0 Å². The molecular weight excluding hydrogens is 188 g/mol. The van der Waals surface area contributed by atoms with Gasteiger partial charge in [0.25, 0.3) is 5.35 Å². The molecule has 0 atom stereocenters. The van der Waals surface area contributed by atoms with Crippen LogP contribution in [0.5, 0.6) is 0 Å². The summed E-state index contributed by atoms with van der Waals surface area (Å²) in [5.74, 6) is 0. The minimum Gasteiger partial charge on any atom is -0.427 e. The molecule has 3 nitrogen and oxygen atoms in total. The smallest absolute Gasteiger partial charge is 0.293 e. The van der Waals surface area contributed by atoms with Gasteiger partial charge in [0, 0.05) is 25.8 Å². The normalized spacial score (nSPS) is 10.7. The van der Waals surface area contributed by atoms with E-state index in [1.54, 1.807) is 0 Å². The van der Waals surface area contributed by atoms with Gasteiger partial charge in [-0.15, -0.1) is 0 Å². The van der Waals surface area contributed by atoms with Gasteiger partial charge in [-0.2, -0.15) is 4.98 Å². The topological polar surface area (TPSA) is 29.3 Å². The number of benzene rings is 1. The Hall–Kier alpha value is -1.22. The van der Waals surface area contributed by atoms with Crippen LogP contribution >= 0.6 is 11.6 Å². The Morgan fingerprint density at radius 1 is 1.38 bits per heavy atom. The van der Waals surface area contributed by atoms with E-state index in [2.05, 4.69) is 4.98 Å². The number of hydrogen-bond acceptors (Lipinski definition) is 3. The van der Waals surface area contributed by atoms with E-state index in [0.29, 0.717) is 0 Å². The second kappa shape index (κ2) is 2.92. The van der Waals surface area contributed by atoms with Crippen molar-refractivity contribution in [2.45, 2.75) is 0 Å². The Labute approximate surface area is 80.9 Å². The zero-order valence-corrected chi connectivity index (χ0v) is 8.17. The highest BCUT2D eigenvalue weighted by Gasteiger charge is 2.04. The van der Waals surface area contributed by atoms with Gasteiger partial charge in [0.15, 0.2) is 5.58 Å². The second-order valence-corrected chi connectivity index (χ2v) is 3.34. The molecule has 2 aromatic rings. The van der Waals surface area contributed by atoms with E-state index < -0.39 is 0 Å². The number of fused-ring (bicyclic) bond motifs is 1. The summed E-state index contributed by atoms with van der Waals surface area (Å²) in [6, 6.07) is 5.77. The maximum Gasteiger partial charge on any atom is 0.293 e. The van der Waals surface area contributed by atoms with Gasteiger partial charge in [-0.3, -0.25) is 0 Å². The lowest BCUT2D eigenvalue weighted by Gasteiger charge is -2.10. The lowest BCUT2D eigenvalue weighted by molar-refractivity contribution is 0.604. The number of hydrogen-bond donors (Lipinski definition) is 0. The standard InChI is InChI=1S/C9H9ClN2O/c1-12(2)6-3-4-7-8(5-6)13-9(10)11-7/h3-5H,1-2H3. The SMILES string of the molecule is CN(C)c1ccc2nc(Cl)oc2c1. The van der Waals surface area contributed by atoms with E-state index in [4.69, 9.17) is 16.0 Å². The number of anilines is 1. The van der Waals surface area contributed by atoms with E-state index in [-0.39, 0.29) is 5.35 Å². The minimum atomic E-state index is 0.186. The van der Waals surface area contributed by atoms with E-state index in [1.165, 1.54) is 0 Å². The van der Waals surface area contributed by atoms with Gasteiger partial charge < -0.3 is 9.32 Å². The molecule has 1 aromatic carbocycles. The van der Waals surface area contributed by atoms with Crippen LogP contribution in [0.3, 0.4) is 0 Å². The highest BCUT2D eigenvalue weighted by Crippen LogP contribution is 2.23. The molecule has 0 unspecified atom stereocenters. The van der Waals surface area contributed by atoms with Gasteiger partial charge in [-0.25, -0.2) is 0 Å². The van der Waals surface area contributed by atoms with Crippen molar-refractivity contribution < 1.29 is 4.42 Å². The number of rotatable bonds is 1. The Balaban J connectivity index is 2.61. The van der Waals surface area contributed by atoms with Crippen molar-refractivity contribution in [1.82, 2.24) is 4.98 Å². The monoisotopic (exact) mass is 196 g/mol. The first-order chi connectivity index (χ1) is 6.16. The molecule has 0 N–H and O–H groups in total. The molecule has 0 bridgehead atoms. The van der Waals surface area contributed by atoms with Crippen molar-refractivity contribution in [2.24, 2.45) is 0 Å².